The first kappa shape index (κ1) is 41.4. The Bertz CT molecular complexity index is 1980. The van der Waals surface area contributed by atoms with Crippen molar-refractivity contribution in [2.45, 2.75) is 103 Å². The Balaban J connectivity index is 1.45. The lowest BCUT2D eigenvalue weighted by molar-refractivity contribution is -0.136. The molecule has 0 fully saturated rings. The fraction of sp³-hybridized carbons (Fsp3) is 0.463. The fourth-order valence-electron chi connectivity index (χ4n) is 7.28. The molecule has 2 unspecified atom stereocenters. The van der Waals surface area contributed by atoms with Gasteiger partial charge in [-0.1, -0.05) is 89.7 Å². The Morgan fingerprint density at radius 2 is 1.78 bits per heavy atom. The zero-order valence-electron chi connectivity index (χ0n) is 31.8. The van der Waals surface area contributed by atoms with Crippen LogP contribution in [0.25, 0.3) is 10.9 Å². The van der Waals surface area contributed by atoms with E-state index < -0.39 is 41.1 Å². The van der Waals surface area contributed by atoms with Crippen LogP contribution in [0.1, 0.15) is 75.8 Å². The van der Waals surface area contributed by atoms with Crippen LogP contribution in [0.15, 0.2) is 73.5 Å². The van der Waals surface area contributed by atoms with Crippen molar-refractivity contribution in [1.82, 2.24) is 35.8 Å². The summed E-state index contributed by atoms with van der Waals surface area (Å²) in [5, 5.41) is 13.4. The van der Waals surface area contributed by atoms with E-state index in [4.69, 9.17) is 12.2 Å². The summed E-state index contributed by atoms with van der Waals surface area (Å²) >= 11 is 5.87. The van der Waals surface area contributed by atoms with E-state index in [2.05, 4.69) is 37.8 Å². The minimum atomic E-state index is -4.58. The highest BCUT2D eigenvalue weighted by Gasteiger charge is 2.46. The number of thiocarbonyl (C=S) groups is 1. The summed E-state index contributed by atoms with van der Waals surface area (Å²) in [7, 11) is 0. The minimum Gasteiger partial charge on any atom is -0.378 e. The molecule has 5 rings (SSSR count). The number of carbonyl (C=O) groups is 2. The van der Waals surface area contributed by atoms with Crippen LogP contribution < -0.4 is 21.3 Å². The fourth-order valence-corrected chi connectivity index (χ4v) is 7.67. The van der Waals surface area contributed by atoms with Crippen LogP contribution in [0.5, 0.6) is 0 Å². The summed E-state index contributed by atoms with van der Waals surface area (Å²) in [6, 6.07) is 8.93. The molecule has 5 N–H and O–H groups in total. The van der Waals surface area contributed by atoms with Gasteiger partial charge in [-0.25, -0.2) is 9.37 Å². The molecule has 5 atom stereocenters. The molecule has 14 heteroatoms. The maximum absolute atomic E-state index is 14.9. The Kier molecular flexibility index (Phi) is 13.4. The maximum atomic E-state index is 14.9. The molecule has 9 nitrogen and oxygen atoms in total. The summed E-state index contributed by atoms with van der Waals surface area (Å²) < 4.78 is 58.8. The number of nitrogens with one attached hydrogen (secondary N) is 5. The zero-order chi connectivity index (χ0) is 39.9. The van der Waals surface area contributed by atoms with E-state index in [1.807, 2.05) is 38.5 Å². The highest BCUT2D eigenvalue weighted by molar-refractivity contribution is 7.80. The van der Waals surface area contributed by atoms with Gasteiger partial charge in [-0.2, -0.15) is 13.2 Å². The molecule has 296 valence electrons. The number of fused-ring (bicyclic) bond motifs is 3. The van der Waals surface area contributed by atoms with E-state index in [1.54, 1.807) is 36.8 Å². The number of aryl methyl sites for hydroxylation is 2. The van der Waals surface area contributed by atoms with E-state index in [1.165, 1.54) is 12.1 Å². The highest BCUT2D eigenvalue weighted by atomic mass is 32.1. The van der Waals surface area contributed by atoms with Gasteiger partial charge < -0.3 is 30.8 Å². The topological polar surface area (TPSA) is 116 Å². The lowest BCUT2D eigenvalue weighted by Gasteiger charge is -2.42. The van der Waals surface area contributed by atoms with Gasteiger partial charge in [0.05, 0.1) is 40.9 Å². The largest absolute Gasteiger partial charge is 0.418 e. The number of hydrogen-bond donors (Lipinski definition) is 5. The molecule has 2 amide bonds. The highest BCUT2D eigenvalue weighted by Crippen LogP contribution is 2.40. The number of H-pyrrole nitrogens is 1. The van der Waals surface area contributed by atoms with E-state index >= 15 is 0 Å². The number of imidazole rings is 1. The first-order valence-electron chi connectivity index (χ1n) is 18.9. The molecule has 55 heavy (non-hydrogen) atoms. The number of benzene rings is 2. The van der Waals surface area contributed by atoms with Gasteiger partial charge in [-0.3, -0.25) is 9.59 Å². The second-order valence-corrected chi connectivity index (χ2v) is 15.1. The van der Waals surface area contributed by atoms with Crippen molar-refractivity contribution < 1.29 is 27.2 Å². The van der Waals surface area contributed by atoms with Gasteiger partial charge in [0.1, 0.15) is 11.4 Å². The van der Waals surface area contributed by atoms with Crippen LogP contribution in [0.3, 0.4) is 0 Å². The predicted octanol–water partition coefficient (Wildman–Crippen LogP) is 7.16. The summed E-state index contributed by atoms with van der Waals surface area (Å²) in [5.41, 5.74) is -0.324. The lowest BCUT2D eigenvalue weighted by atomic mass is 9.77. The number of carbonyl (C=O) groups excluding carboxylic acids is 2. The number of aromatic amines is 1. The Morgan fingerprint density at radius 1 is 1.05 bits per heavy atom. The molecule has 0 saturated heterocycles. The van der Waals surface area contributed by atoms with E-state index in [-0.39, 0.29) is 54.5 Å². The van der Waals surface area contributed by atoms with Gasteiger partial charge in [-0.05, 0) is 54.4 Å². The molecule has 0 aliphatic heterocycles. The van der Waals surface area contributed by atoms with Crippen LogP contribution in [0.4, 0.5) is 17.6 Å². The van der Waals surface area contributed by atoms with Gasteiger partial charge >= 0.3 is 6.18 Å². The second-order valence-electron chi connectivity index (χ2n) is 14.7. The van der Waals surface area contributed by atoms with Gasteiger partial charge in [-0.15, -0.1) is 0 Å². The van der Waals surface area contributed by atoms with Crippen molar-refractivity contribution in [1.29, 1.82) is 0 Å². The van der Waals surface area contributed by atoms with Crippen LogP contribution >= 0.6 is 12.2 Å². The van der Waals surface area contributed by atoms with Crippen LogP contribution in [0, 0.1) is 17.7 Å². The molecule has 0 spiro atoms. The average Bonchev–Trinajstić information content (AvgIpc) is 3.82. The molecule has 2 aromatic carbocycles. The SMILES string of the molecule is C=C(N[C@]1(C(=O)N[C@H](C(=S)NCCCn2ccnc2)C(C)CC)CCc2[nH]c3c(C(F)(F)F)cccc3c2C1)[C@@H](NC(=O)Cc1ccccc1F)C(C)CC. The van der Waals surface area contributed by atoms with Crippen molar-refractivity contribution in [3.63, 3.8) is 0 Å². The molecule has 2 heterocycles. The normalized spacial score (nSPS) is 17.7. The summed E-state index contributed by atoms with van der Waals surface area (Å²) in [4.78, 5) is 35.8. The number of amides is 2. The molecule has 1 aliphatic carbocycles. The van der Waals surface area contributed by atoms with Gasteiger partial charge in [0.15, 0.2) is 0 Å². The number of halogens is 4. The van der Waals surface area contributed by atoms with Gasteiger partial charge in [0, 0.05) is 48.7 Å². The van der Waals surface area contributed by atoms with Gasteiger partial charge in [0.25, 0.3) is 0 Å². The van der Waals surface area contributed by atoms with Crippen LogP contribution in [-0.2, 0) is 41.6 Å². The van der Waals surface area contributed by atoms with Crippen LogP contribution in [-0.4, -0.2) is 55.5 Å². The molecule has 0 bridgehead atoms. The molecule has 4 aromatic rings. The Morgan fingerprint density at radius 3 is 2.45 bits per heavy atom. The molecular formula is C41H51F4N7O2S. The smallest absolute Gasteiger partial charge is 0.378 e. The monoisotopic (exact) mass is 781 g/mol. The zero-order valence-corrected chi connectivity index (χ0v) is 32.6. The quantitative estimate of drug-likeness (QED) is 0.0442. The first-order chi connectivity index (χ1) is 26.2. The number of para-hydroxylation sites is 1. The minimum absolute atomic E-state index is 0.0218. The lowest BCUT2D eigenvalue weighted by Crippen LogP contribution is -2.64. The number of nitrogens with zero attached hydrogens (tertiary/aromatic N) is 2. The van der Waals surface area contributed by atoms with Crippen molar-refractivity contribution in [3.05, 3.63) is 102 Å². The van der Waals surface area contributed by atoms with Crippen molar-refractivity contribution in [2.24, 2.45) is 11.8 Å². The second kappa shape index (κ2) is 17.8. The summed E-state index contributed by atoms with van der Waals surface area (Å²) in [6.07, 6.45) is 3.24. The number of aromatic nitrogens is 3. The van der Waals surface area contributed by atoms with E-state index in [0.29, 0.717) is 46.7 Å². The third kappa shape index (κ3) is 9.75. The van der Waals surface area contributed by atoms with E-state index in [9.17, 15) is 27.2 Å². The van der Waals surface area contributed by atoms with Crippen molar-refractivity contribution in [2.75, 3.05) is 6.54 Å². The summed E-state index contributed by atoms with van der Waals surface area (Å²) in [6.45, 7) is 13.6. The standard InChI is InChI=1S/C41H51F4N7O2S/c1-6-25(3)35(49-34(53)22-28-12-8-9-15-32(28)42)27(5)51-40(17-16-33-30(23-40)29-13-10-14-31(37(29)48-33)41(43,44)45)39(54)50-36(26(4)7-2)38(55)47-18-11-20-52-21-19-46-24-52/h8-10,12-15,19,21,24-26,35-36,48,51H,5-7,11,16-18,20,22-23H2,1-4H3,(H,47,55)(H,49,53)(H,50,54)/t25?,26?,35-,36-,40+/m0/s1. The molecular weight excluding hydrogens is 731 g/mol. The third-order valence-electron chi connectivity index (χ3n) is 10.9. The molecule has 0 saturated carbocycles. The Hall–Kier alpha value is -4.72. The molecule has 2 aromatic heterocycles. The number of alkyl halides is 3. The third-order valence-corrected chi connectivity index (χ3v) is 11.3. The average molecular weight is 782 g/mol. The van der Waals surface area contributed by atoms with E-state index in [0.717, 1.165) is 19.0 Å². The molecule has 0 radical (unpaired) electrons. The van der Waals surface area contributed by atoms with Gasteiger partial charge in [0.2, 0.25) is 11.8 Å². The number of rotatable bonds is 17. The first-order valence-corrected chi connectivity index (χ1v) is 19.3. The maximum Gasteiger partial charge on any atom is 0.418 e. The van der Waals surface area contributed by atoms with Crippen molar-refractivity contribution >= 4 is 39.9 Å². The molecule has 1 aliphatic rings. The summed E-state index contributed by atoms with van der Waals surface area (Å²) in [5.74, 6) is -1.48. The Labute approximate surface area is 325 Å². The van der Waals surface area contributed by atoms with Crippen molar-refractivity contribution in [3.8, 4) is 0 Å². The van der Waals surface area contributed by atoms with Crippen LogP contribution in [0.2, 0.25) is 0 Å². The number of hydrogen-bond acceptors (Lipinski definition) is 5. The predicted molar refractivity (Wildman–Crippen MR) is 211 cm³/mol.